The van der Waals surface area contributed by atoms with Crippen molar-refractivity contribution < 1.29 is 23.4 Å². The third kappa shape index (κ3) is 5.64. The molecule has 0 saturated carbocycles. The standard InChI is InChI=1S/C25H23ClF2N4O3/c1-35-23(14-33)22(13-32-12-17(26)11-30-32)31-25(34)19-3-2-4-20(28)24(19)21-9-16(10-29-21)15-5-7-18(27)8-6-15/h2-9,11-12,22-23,33H,10,13-14H2,1H3,(H,31,34)/t22-,23-/m1/s1. The summed E-state index contributed by atoms with van der Waals surface area (Å²) in [6.07, 6.45) is 3.98. The lowest BCUT2D eigenvalue weighted by atomic mass is 9.99. The summed E-state index contributed by atoms with van der Waals surface area (Å²) < 4.78 is 35.1. The molecule has 0 aliphatic carbocycles. The topological polar surface area (TPSA) is 88.7 Å². The largest absolute Gasteiger partial charge is 0.394 e. The van der Waals surface area contributed by atoms with Crippen LogP contribution in [-0.4, -0.2) is 58.9 Å². The summed E-state index contributed by atoms with van der Waals surface area (Å²) in [6.45, 7) is 0.0793. The average Bonchev–Trinajstić information content (AvgIpc) is 3.49. The maximum Gasteiger partial charge on any atom is 0.252 e. The third-order valence-corrected chi connectivity index (χ3v) is 5.89. The Hall–Kier alpha value is -3.40. The van der Waals surface area contributed by atoms with Crippen LogP contribution in [0.5, 0.6) is 0 Å². The molecule has 2 heterocycles. The van der Waals surface area contributed by atoms with Gasteiger partial charge < -0.3 is 15.2 Å². The van der Waals surface area contributed by atoms with Gasteiger partial charge in [0.05, 0.1) is 48.2 Å². The van der Waals surface area contributed by atoms with Gasteiger partial charge in [0, 0.05) is 18.9 Å². The number of benzene rings is 2. The van der Waals surface area contributed by atoms with E-state index in [0.29, 0.717) is 10.7 Å². The first-order chi connectivity index (χ1) is 16.9. The lowest BCUT2D eigenvalue weighted by Gasteiger charge is -2.26. The molecule has 0 spiro atoms. The number of nitrogens with one attached hydrogen (secondary N) is 1. The fourth-order valence-corrected chi connectivity index (χ4v) is 4.05. The van der Waals surface area contributed by atoms with Crippen LogP contribution < -0.4 is 5.32 Å². The van der Waals surface area contributed by atoms with Crippen molar-refractivity contribution in [3.8, 4) is 0 Å². The fourth-order valence-electron chi connectivity index (χ4n) is 3.90. The first kappa shape index (κ1) is 24.7. The Balaban J connectivity index is 1.61. The number of hydrogen-bond acceptors (Lipinski definition) is 5. The maximum absolute atomic E-state index is 15.0. The van der Waals surface area contributed by atoms with Crippen molar-refractivity contribution in [1.29, 1.82) is 0 Å². The third-order valence-electron chi connectivity index (χ3n) is 5.69. The number of carbonyl (C=O) groups excluding carboxylic acids is 1. The Labute approximate surface area is 205 Å². The number of halogens is 3. The molecule has 35 heavy (non-hydrogen) atoms. The number of aliphatic hydroxyl groups is 1. The van der Waals surface area contributed by atoms with Crippen molar-refractivity contribution in [1.82, 2.24) is 15.1 Å². The minimum atomic E-state index is -0.743. The van der Waals surface area contributed by atoms with Crippen molar-refractivity contribution in [2.45, 2.75) is 18.7 Å². The number of aromatic nitrogens is 2. The number of carbonyl (C=O) groups is 1. The van der Waals surface area contributed by atoms with Crippen molar-refractivity contribution in [2.75, 3.05) is 20.3 Å². The number of aliphatic hydroxyl groups excluding tert-OH is 1. The van der Waals surface area contributed by atoms with E-state index in [1.54, 1.807) is 24.4 Å². The van der Waals surface area contributed by atoms with Crippen molar-refractivity contribution in [2.24, 2.45) is 4.99 Å². The van der Waals surface area contributed by atoms with E-state index in [0.717, 1.165) is 11.1 Å². The van der Waals surface area contributed by atoms with Crippen LogP contribution in [0.4, 0.5) is 8.78 Å². The van der Waals surface area contributed by atoms with Crippen LogP contribution in [-0.2, 0) is 11.3 Å². The highest BCUT2D eigenvalue weighted by molar-refractivity contribution is 6.30. The number of rotatable bonds is 9. The molecule has 7 nitrogen and oxygen atoms in total. The lowest BCUT2D eigenvalue weighted by Crippen LogP contribution is -2.48. The predicted octanol–water partition coefficient (Wildman–Crippen LogP) is 3.51. The summed E-state index contributed by atoms with van der Waals surface area (Å²) in [4.78, 5) is 17.7. The first-order valence-electron chi connectivity index (χ1n) is 10.8. The molecular weight excluding hydrogens is 478 g/mol. The SMILES string of the molecule is CO[C@H](CO)[C@@H](Cn1cc(Cl)cn1)NC(=O)c1cccc(F)c1C1=NCC(c2ccc(F)cc2)=C1. The van der Waals surface area contributed by atoms with Crippen LogP contribution in [0.25, 0.3) is 5.57 Å². The Morgan fingerprint density at radius 1 is 1.26 bits per heavy atom. The highest BCUT2D eigenvalue weighted by Gasteiger charge is 2.27. The van der Waals surface area contributed by atoms with Crippen LogP contribution >= 0.6 is 11.6 Å². The summed E-state index contributed by atoms with van der Waals surface area (Å²) in [5.74, 6) is -1.52. The van der Waals surface area contributed by atoms with Gasteiger partial charge in [-0.1, -0.05) is 29.8 Å². The highest BCUT2D eigenvalue weighted by Crippen LogP contribution is 2.25. The van der Waals surface area contributed by atoms with Gasteiger partial charge in [0.15, 0.2) is 0 Å². The van der Waals surface area contributed by atoms with Crippen LogP contribution in [0, 0.1) is 11.6 Å². The van der Waals surface area contributed by atoms with E-state index in [9.17, 15) is 18.7 Å². The average molecular weight is 501 g/mol. The van der Waals surface area contributed by atoms with Crippen molar-refractivity contribution in [3.63, 3.8) is 0 Å². The summed E-state index contributed by atoms with van der Waals surface area (Å²) in [5.41, 5.74) is 1.99. The lowest BCUT2D eigenvalue weighted by molar-refractivity contribution is 0.0166. The molecule has 182 valence electrons. The molecule has 1 aromatic heterocycles. The molecule has 0 radical (unpaired) electrons. The zero-order chi connectivity index (χ0) is 24.9. The second-order valence-electron chi connectivity index (χ2n) is 7.96. The van der Waals surface area contributed by atoms with Gasteiger partial charge in [0.25, 0.3) is 5.91 Å². The summed E-state index contributed by atoms with van der Waals surface area (Å²) in [7, 11) is 1.42. The van der Waals surface area contributed by atoms with Crippen LogP contribution in [0.15, 0.2) is 65.9 Å². The molecule has 4 rings (SSSR count). The van der Waals surface area contributed by atoms with E-state index in [1.807, 2.05) is 0 Å². The Kier molecular flexibility index (Phi) is 7.70. The second-order valence-corrected chi connectivity index (χ2v) is 8.39. The molecular formula is C25H23ClF2N4O3. The van der Waals surface area contributed by atoms with E-state index in [4.69, 9.17) is 16.3 Å². The molecule has 0 saturated heterocycles. The Bertz CT molecular complexity index is 1270. The van der Waals surface area contributed by atoms with E-state index in [-0.39, 0.29) is 36.6 Å². The summed E-state index contributed by atoms with van der Waals surface area (Å²) in [6, 6.07) is 9.44. The van der Waals surface area contributed by atoms with Crippen LogP contribution in [0.1, 0.15) is 21.5 Å². The smallest absolute Gasteiger partial charge is 0.252 e. The number of aliphatic imine (C=N–C) groups is 1. The monoisotopic (exact) mass is 500 g/mol. The van der Waals surface area contributed by atoms with Gasteiger partial charge >= 0.3 is 0 Å². The van der Waals surface area contributed by atoms with Gasteiger partial charge in [-0.3, -0.25) is 14.5 Å². The number of nitrogens with zero attached hydrogens (tertiary/aromatic N) is 3. The predicted molar refractivity (Wildman–Crippen MR) is 129 cm³/mol. The van der Waals surface area contributed by atoms with Gasteiger partial charge in [0.1, 0.15) is 17.7 Å². The zero-order valence-corrected chi connectivity index (χ0v) is 19.5. The molecule has 2 atom stereocenters. The Morgan fingerprint density at radius 2 is 2.03 bits per heavy atom. The van der Waals surface area contributed by atoms with Gasteiger partial charge in [0.2, 0.25) is 0 Å². The Morgan fingerprint density at radius 3 is 2.69 bits per heavy atom. The number of amides is 1. The molecule has 1 aliphatic heterocycles. The van der Waals surface area contributed by atoms with Crippen molar-refractivity contribution in [3.05, 3.63) is 94.3 Å². The number of allylic oxidation sites excluding steroid dienone is 1. The van der Waals surface area contributed by atoms with Crippen LogP contribution in [0.3, 0.4) is 0 Å². The van der Waals surface area contributed by atoms with Crippen molar-refractivity contribution >= 4 is 28.8 Å². The second kappa shape index (κ2) is 10.9. The molecule has 0 unspecified atom stereocenters. The number of ether oxygens (including phenoxy) is 1. The normalized spacial score (nSPS) is 14.9. The molecule has 1 aliphatic rings. The van der Waals surface area contributed by atoms with Crippen LogP contribution in [0.2, 0.25) is 5.02 Å². The number of methoxy groups -OCH3 is 1. The summed E-state index contributed by atoms with van der Waals surface area (Å²) in [5, 5.41) is 17.1. The maximum atomic E-state index is 15.0. The van der Waals surface area contributed by atoms with Gasteiger partial charge in [-0.05, 0) is 41.5 Å². The minimum absolute atomic E-state index is 0.0564. The molecule has 0 bridgehead atoms. The zero-order valence-electron chi connectivity index (χ0n) is 18.8. The van der Waals surface area contributed by atoms with E-state index in [2.05, 4.69) is 15.4 Å². The molecule has 1 amide bonds. The van der Waals surface area contributed by atoms with E-state index in [1.165, 1.54) is 48.3 Å². The molecule has 10 heteroatoms. The highest BCUT2D eigenvalue weighted by atomic mass is 35.5. The van der Waals surface area contributed by atoms with E-state index < -0.39 is 23.9 Å². The quantitative estimate of drug-likeness (QED) is 0.470. The van der Waals surface area contributed by atoms with Gasteiger partial charge in [-0.15, -0.1) is 0 Å². The minimum Gasteiger partial charge on any atom is -0.394 e. The summed E-state index contributed by atoms with van der Waals surface area (Å²) >= 11 is 5.94. The molecule has 2 N–H and O–H groups in total. The molecule has 2 aromatic carbocycles. The van der Waals surface area contributed by atoms with Gasteiger partial charge in [-0.2, -0.15) is 5.10 Å². The number of hydrogen-bond donors (Lipinski definition) is 2. The molecule has 0 fully saturated rings. The first-order valence-corrected chi connectivity index (χ1v) is 11.2. The molecule has 3 aromatic rings. The van der Waals surface area contributed by atoms with E-state index >= 15 is 0 Å². The van der Waals surface area contributed by atoms with Gasteiger partial charge in [-0.25, -0.2) is 8.78 Å². The fraction of sp³-hybridized carbons (Fsp3) is 0.240.